The number of thioether (sulfide) groups is 1. The number of carbonyl (C=O) groups excluding carboxylic acids is 1. The van der Waals surface area contributed by atoms with Crippen molar-refractivity contribution in [3.63, 3.8) is 0 Å². The summed E-state index contributed by atoms with van der Waals surface area (Å²) in [5, 5.41) is 3.93. The fourth-order valence-electron chi connectivity index (χ4n) is 2.94. The average Bonchev–Trinajstić information content (AvgIpc) is 2.81. The summed E-state index contributed by atoms with van der Waals surface area (Å²) >= 11 is 1.62. The number of nitrogens with one attached hydrogen (secondary N) is 1. The first kappa shape index (κ1) is 24.6. The Morgan fingerprint density at radius 2 is 1.67 bits per heavy atom. The number of amides is 1. The minimum atomic E-state index is -3.98. The first-order valence-electron chi connectivity index (χ1n) is 10.0. The monoisotopic (exact) mass is 485 g/mol. The summed E-state index contributed by atoms with van der Waals surface area (Å²) in [6.45, 7) is 1.31. The number of hydrogen-bond acceptors (Lipinski definition) is 5. The number of rotatable bonds is 9. The molecule has 3 rings (SSSR count). The molecule has 172 valence electrons. The van der Waals surface area contributed by atoms with E-state index >= 15 is 0 Å². The molecule has 0 fully saturated rings. The van der Waals surface area contributed by atoms with Crippen LogP contribution in [-0.2, 0) is 21.4 Å². The quantitative estimate of drug-likeness (QED) is 0.280. The minimum Gasteiger partial charge on any atom is -0.272 e. The largest absolute Gasteiger partial charge is 0.272 e. The number of sulfonamides is 1. The Kier molecular flexibility index (Phi) is 8.37. The summed E-state index contributed by atoms with van der Waals surface area (Å²) in [6, 6.07) is 19.5. The van der Waals surface area contributed by atoms with E-state index in [0.29, 0.717) is 5.56 Å². The maximum absolute atomic E-state index is 13.3. The van der Waals surface area contributed by atoms with Crippen LogP contribution < -0.4 is 5.43 Å². The highest BCUT2D eigenvalue weighted by Crippen LogP contribution is 2.19. The summed E-state index contributed by atoms with van der Waals surface area (Å²) in [5.41, 5.74) is 4.64. The molecule has 0 aromatic heterocycles. The lowest BCUT2D eigenvalue weighted by atomic mass is 10.2. The zero-order valence-electron chi connectivity index (χ0n) is 18.2. The molecule has 3 aromatic rings. The summed E-state index contributed by atoms with van der Waals surface area (Å²) < 4.78 is 40.8. The zero-order chi connectivity index (χ0) is 23.8. The number of halogens is 1. The second-order valence-corrected chi connectivity index (χ2v) is 10.1. The number of hydrogen-bond donors (Lipinski definition) is 1. The van der Waals surface area contributed by atoms with Gasteiger partial charge in [-0.2, -0.15) is 9.41 Å². The molecule has 0 aliphatic rings. The van der Waals surface area contributed by atoms with Gasteiger partial charge < -0.3 is 0 Å². The Balaban J connectivity index is 1.76. The third kappa shape index (κ3) is 6.98. The summed E-state index contributed by atoms with van der Waals surface area (Å²) in [6.07, 6.45) is 3.46. The Hall–Kier alpha value is -3.01. The van der Waals surface area contributed by atoms with Crippen LogP contribution in [0.4, 0.5) is 4.39 Å². The normalized spacial score (nSPS) is 11.8. The van der Waals surface area contributed by atoms with E-state index in [-0.39, 0.29) is 11.4 Å². The van der Waals surface area contributed by atoms with Crippen LogP contribution in [0.3, 0.4) is 0 Å². The van der Waals surface area contributed by atoms with E-state index in [1.165, 1.54) is 42.6 Å². The Labute approximate surface area is 197 Å². The van der Waals surface area contributed by atoms with Gasteiger partial charge in [0.05, 0.1) is 17.7 Å². The number of aryl methyl sites for hydroxylation is 1. The number of nitrogens with zero attached hydrogens (tertiary/aromatic N) is 2. The Morgan fingerprint density at radius 1 is 1.03 bits per heavy atom. The molecule has 0 unspecified atom stereocenters. The van der Waals surface area contributed by atoms with Crippen molar-refractivity contribution in [1.82, 2.24) is 9.73 Å². The second kappa shape index (κ2) is 11.2. The van der Waals surface area contributed by atoms with E-state index < -0.39 is 28.3 Å². The van der Waals surface area contributed by atoms with Crippen LogP contribution in [0.2, 0.25) is 0 Å². The van der Waals surface area contributed by atoms with Crippen molar-refractivity contribution in [3.05, 3.63) is 95.3 Å². The summed E-state index contributed by atoms with van der Waals surface area (Å²) in [4.78, 5) is 13.7. The molecule has 0 bridgehead atoms. The van der Waals surface area contributed by atoms with Crippen LogP contribution >= 0.6 is 11.8 Å². The number of carbonyl (C=O) groups is 1. The first-order chi connectivity index (χ1) is 15.8. The van der Waals surface area contributed by atoms with Gasteiger partial charge >= 0.3 is 0 Å². The van der Waals surface area contributed by atoms with E-state index in [1.54, 1.807) is 23.9 Å². The Bertz CT molecular complexity index is 1210. The average molecular weight is 486 g/mol. The molecule has 33 heavy (non-hydrogen) atoms. The third-order valence-electron chi connectivity index (χ3n) is 4.77. The van der Waals surface area contributed by atoms with E-state index in [1.807, 2.05) is 37.4 Å². The lowest BCUT2D eigenvalue weighted by Crippen LogP contribution is -2.39. The van der Waals surface area contributed by atoms with Crippen LogP contribution in [0.25, 0.3) is 0 Å². The molecule has 1 N–H and O–H groups in total. The van der Waals surface area contributed by atoms with E-state index in [9.17, 15) is 17.6 Å². The highest BCUT2D eigenvalue weighted by atomic mass is 32.2. The predicted molar refractivity (Wildman–Crippen MR) is 129 cm³/mol. The van der Waals surface area contributed by atoms with Crippen LogP contribution in [0.15, 0.2) is 87.7 Å². The molecule has 3 aromatic carbocycles. The lowest BCUT2D eigenvalue weighted by Gasteiger charge is -2.21. The van der Waals surface area contributed by atoms with Gasteiger partial charge in [0.1, 0.15) is 5.82 Å². The van der Waals surface area contributed by atoms with Gasteiger partial charge in [0.15, 0.2) is 0 Å². The molecule has 0 aliphatic carbocycles. The lowest BCUT2D eigenvalue weighted by molar-refractivity contribution is -0.121. The topological polar surface area (TPSA) is 78.8 Å². The van der Waals surface area contributed by atoms with Crippen molar-refractivity contribution in [3.8, 4) is 0 Å². The van der Waals surface area contributed by atoms with Gasteiger partial charge in [-0.1, -0.05) is 42.0 Å². The molecule has 0 saturated heterocycles. The SMILES string of the molecule is CSc1ccc(/C=N\NC(=O)CN(Cc2ccc(F)cc2)S(=O)(=O)c2ccc(C)cc2)cc1. The van der Waals surface area contributed by atoms with E-state index in [0.717, 1.165) is 20.3 Å². The molecule has 0 radical (unpaired) electrons. The molecule has 0 aliphatic heterocycles. The van der Waals surface area contributed by atoms with Gasteiger partial charge in [-0.3, -0.25) is 4.79 Å². The van der Waals surface area contributed by atoms with Crippen molar-refractivity contribution in [2.45, 2.75) is 23.3 Å². The minimum absolute atomic E-state index is 0.0698. The van der Waals surface area contributed by atoms with Crippen LogP contribution in [0.1, 0.15) is 16.7 Å². The van der Waals surface area contributed by atoms with Crippen molar-refractivity contribution in [2.24, 2.45) is 5.10 Å². The van der Waals surface area contributed by atoms with Gasteiger partial charge in [-0.25, -0.2) is 18.2 Å². The van der Waals surface area contributed by atoms with Crippen molar-refractivity contribution in [2.75, 3.05) is 12.8 Å². The molecule has 0 heterocycles. The van der Waals surface area contributed by atoms with Crippen molar-refractivity contribution < 1.29 is 17.6 Å². The van der Waals surface area contributed by atoms with Gasteiger partial charge in [-0.05, 0) is 60.7 Å². The van der Waals surface area contributed by atoms with Gasteiger partial charge in [0.2, 0.25) is 10.0 Å². The molecule has 0 atom stereocenters. The fraction of sp³-hybridized carbons (Fsp3) is 0.167. The molecule has 6 nitrogen and oxygen atoms in total. The zero-order valence-corrected chi connectivity index (χ0v) is 19.9. The summed E-state index contributed by atoms with van der Waals surface area (Å²) in [7, 11) is -3.98. The molecule has 0 saturated carbocycles. The third-order valence-corrected chi connectivity index (χ3v) is 7.32. The maximum Gasteiger partial charge on any atom is 0.255 e. The van der Waals surface area contributed by atoms with Crippen molar-refractivity contribution in [1.29, 1.82) is 0 Å². The highest BCUT2D eigenvalue weighted by Gasteiger charge is 2.27. The standard InChI is InChI=1S/C24H24FN3O3S2/c1-18-3-13-23(14-4-18)33(30,31)28(16-20-5-9-21(25)10-6-20)17-24(29)27-26-15-19-7-11-22(32-2)12-8-19/h3-15H,16-17H2,1-2H3,(H,27,29)/b26-15-. The maximum atomic E-state index is 13.3. The first-order valence-corrected chi connectivity index (χ1v) is 12.7. The molecule has 0 spiro atoms. The van der Waals surface area contributed by atoms with Crippen molar-refractivity contribution >= 4 is 33.9 Å². The highest BCUT2D eigenvalue weighted by molar-refractivity contribution is 7.98. The number of hydrazone groups is 1. The molecule has 9 heteroatoms. The number of benzene rings is 3. The molecule has 1 amide bonds. The van der Waals surface area contributed by atoms with Gasteiger partial charge in [-0.15, -0.1) is 11.8 Å². The molecular formula is C24H24FN3O3S2. The van der Waals surface area contributed by atoms with Crippen LogP contribution in [0, 0.1) is 12.7 Å². The van der Waals surface area contributed by atoms with Crippen LogP contribution in [-0.4, -0.2) is 37.6 Å². The molecular weight excluding hydrogens is 461 g/mol. The smallest absolute Gasteiger partial charge is 0.255 e. The fourth-order valence-corrected chi connectivity index (χ4v) is 4.74. The second-order valence-electron chi connectivity index (χ2n) is 7.28. The summed E-state index contributed by atoms with van der Waals surface area (Å²) in [5.74, 6) is -1.02. The van der Waals surface area contributed by atoms with Gasteiger partial charge in [0.25, 0.3) is 5.91 Å². The van der Waals surface area contributed by atoms with Crippen LogP contribution in [0.5, 0.6) is 0 Å². The Morgan fingerprint density at radius 3 is 2.27 bits per heavy atom. The van der Waals surface area contributed by atoms with E-state index in [4.69, 9.17) is 0 Å². The predicted octanol–water partition coefficient (Wildman–Crippen LogP) is 4.20. The van der Waals surface area contributed by atoms with Gasteiger partial charge in [0, 0.05) is 11.4 Å². The van der Waals surface area contributed by atoms with E-state index in [2.05, 4.69) is 10.5 Å².